The Morgan fingerprint density at radius 2 is 2.00 bits per heavy atom. The molecule has 7 heteroatoms. The second-order valence-corrected chi connectivity index (χ2v) is 7.59. The molecule has 0 bridgehead atoms. The van der Waals surface area contributed by atoms with Crippen LogP contribution in [-0.4, -0.2) is 31.1 Å². The maximum absolute atomic E-state index is 5.88. The van der Waals surface area contributed by atoms with E-state index in [0.29, 0.717) is 6.54 Å². The third-order valence-corrected chi connectivity index (χ3v) is 5.13. The number of rotatable bonds is 8. The number of aliphatic imine (C=N–C) groups is 1. The average Bonchev–Trinajstić information content (AvgIpc) is 2.94. The molecule has 0 aliphatic carbocycles. The molecule has 2 rings (SSSR count). The first-order valence-corrected chi connectivity index (χ1v) is 9.94. The summed E-state index contributed by atoms with van der Waals surface area (Å²) in [5.74, 6) is 1.75. The van der Waals surface area contributed by atoms with Crippen LogP contribution in [0.4, 0.5) is 0 Å². The summed E-state index contributed by atoms with van der Waals surface area (Å²) >= 11 is 1.77. The Morgan fingerprint density at radius 1 is 1.22 bits per heavy atom. The molecule has 0 unspecified atom stereocenters. The Kier molecular flexibility index (Phi) is 10.7. The van der Waals surface area contributed by atoms with Gasteiger partial charge in [-0.2, -0.15) is 0 Å². The van der Waals surface area contributed by atoms with E-state index >= 15 is 0 Å². The molecule has 27 heavy (non-hydrogen) atoms. The maximum atomic E-state index is 5.88. The van der Waals surface area contributed by atoms with Crippen molar-refractivity contribution < 1.29 is 4.74 Å². The van der Waals surface area contributed by atoms with Gasteiger partial charge in [0.1, 0.15) is 5.75 Å². The molecule has 0 spiro atoms. The van der Waals surface area contributed by atoms with Crippen LogP contribution in [0.1, 0.15) is 40.1 Å². The molecule has 0 radical (unpaired) electrons. The lowest BCUT2D eigenvalue weighted by Crippen LogP contribution is -2.37. The van der Waals surface area contributed by atoms with E-state index in [1.54, 1.807) is 18.4 Å². The summed E-state index contributed by atoms with van der Waals surface area (Å²) in [6.07, 6.45) is 1.95. The van der Waals surface area contributed by atoms with Crippen LogP contribution in [-0.2, 0) is 13.0 Å². The van der Waals surface area contributed by atoms with Crippen LogP contribution in [0.3, 0.4) is 0 Å². The summed E-state index contributed by atoms with van der Waals surface area (Å²) in [4.78, 5) is 10.1. The number of nitrogens with zero attached hydrogens (tertiary/aromatic N) is 2. The molecule has 2 aromatic rings. The molecular weight excluding hydrogens is 471 g/mol. The minimum absolute atomic E-state index is 0. The van der Waals surface area contributed by atoms with Gasteiger partial charge in [-0.25, -0.2) is 4.98 Å². The van der Waals surface area contributed by atoms with Gasteiger partial charge < -0.3 is 15.4 Å². The van der Waals surface area contributed by atoms with E-state index in [4.69, 9.17) is 4.74 Å². The number of ether oxygens (including phenoxy) is 1. The van der Waals surface area contributed by atoms with Gasteiger partial charge in [0, 0.05) is 37.0 Å². The van der Waals surface area contributed by atoms with Crippen molar-refractivity contribution in [2.75, 3.05) is 20.2 Å². The quantitative estimate of drug-likeness (QED) is 0.320. The van der Waals surface area contributed by atoms with E-state index in [2.05, 4.69) is 66.5 Å². The van der Waals surface area contributed by atoms with Crippen LogP contribution in [0.25, 0.3) is 0 Å². The van der Waals surface area contributed by atoms with E-state index < -0.39 is 0 Å². The van der Waals surface area contributed by atoms with E-state index in [-0.39, 0.29) is 24.0 Å². The number of nitrogens with one attached hydrogen (secondary N) is 2. The smallest absolute Gasteiger partial charge is 0.191 e. The predicted molar refractivity (Wildman–Crippen MR) is 126 cm³/mol. The van der Waals surface area contributed by atoms with Gasteiger partial charge in [0.05, 0.1) is 17.3 Å². The van der Waals surface area contributed by atoms with Crippen molar-refractivity contribution in [3.8, 4) is 5.75 Å². The fourth-order valence-corrected chi connectivity index (χ4v) is 3.59. The molecule has 0 aliphatic rings. The van der Waals surface area contributed by atoms with Crippen molar-refractivity contribution >= 4 is 41.3 Å². The molecule has 0 fully saturated rings. The van der Waals surface area contributed by atoms with Crippen LogP contribution in [0.5, 0.6) is 5.75 Å². The number of guanidine groups is 1. The lowest BCUT2D eigenvalue weighted by Gasteiger charge is -2.15. The lowest BCUT2D eigenvalue weighted by molar-refractivity contribution is 0.313. The van der Waals surface area contributed by atoms with Crippen LogP contribution in [0.15, 0.2) is 23.2 Å². The van der Waals surface area contributed by atoms with Crippen LogP contribution < -0.4 is 15.4 Å². The largest absolute Gasteiger partial charge is 0.493 e. The Morgan fingerprint density at radius 3 is 2.63 bits per heavy atom. The second-order valence-electron chi connectivity index (χ2n) is 6.30. The van der Waals surface area contributed by atoms with Crippen molar-refractivity contribution in [2.24, 2.45) is 4.99 Å². The monoisotopic (exact) mass is 502 g/mol. The standard InChI is InChI=1S/C20H30N4OS.HI/c1-6-11-25-18-12-14(2)7-8-17(18)13-23-20(21-5)22-10-9-19-15(3)24-16(4)26-19;/h7-8,12H,6,9-11,13H2,1-5H3,(H2,21,22,23);1H. The summed E-state index contributed by atoms with van der Waals surface area (Å²) in [6, 6.07) is 6.32. The highest BCUT2D eigenvalue weighted by atomic mass is 127. The Balaban J connectivity index is 0.00000364. The zero-order valence-electron chi connectivity index (χ0n) is 16.9. The van der Waals surface area contributed by atoms with Crippen molar-refractivity contribution in [3.63, 3.8) is 0 Å². The highest BCUT2D eigenvalue weighted by Crippen LogP contribution is 2.20. The summed E-state index contributed by atoms with van der Waals surface area (Å²) in [6.45, 7) is 10.6. The van der Waals surface area contributed by atoms with E-state index in [1.807, 2.05) is 0 Å². The van der Waals surface area contributed by atoms with Gasteiger partial charge in [-0.05, 0) is 38.8 Å². The average molecular weight is 502 g/mol. The number of benzene rings is 1. The topological polar surface area (TPSA) is 58.5 Å². The normalized spacial score (nSPS) is 11.1. The number of aryl methyl sites for hydroxylation is 3. The molecule has 1 aromatic heterocycles. The molecule has 0 saturated heterocycles. The molecular formula is C20H31IN4OS. The highest BCUT2D eigenvalue weighted by molar-refractivity contribution is 14.0. The number of hydrogen-bond donors (Lipinski definition) is 2. The third kappa shape index (κ3) is 7.65. The molecule has 150 valence electrons. The minimum Gasteiger partial charge on any atom is -0.493 e. The molecule has 1 aromatic carbocycles. The van der Waals surface area contributed by atoms with Gasteiger partial charge in [-0.1, -0.05) is 19.1 Å². The van der Waals surface area contributed by atoms with E-state index in [0.717, 1.165) is 54.0 Å². The van der Waals surface area contributed by atoms with Gasteiger partial charge in [0.2, 0.25) is 0 Å². The summed E-state index contributed by atoms with van der Waals surface area (Å²) in [7, 11) is 1.79. The van der Waals surface area contributed by atoms with Gasteiger partial charge in [0.15, 0.2) is 5.96 Å². The summed E-state index contributed by atoms with van der Waals surface area (Å²) < 4.78 is 5.88. The molecule has 0 amide bonds. The van der Waals surface area contributed by atoms with Crippen LogP contribution in [0.2, 0.25) is 0 Å². The number of halogens is 1. The summed E-state index contributed by atoms with van der Waals surface area (Å²) in [5, 5.41) is 7.87. The first-order valence-electron chi connectivity index (χ1n) is 9.13. The molecule has 5 nitrogen and oxygen atoms in total. The highest BCUT2D eigenvalue weighted by Gasteiger charge is 2.07. The van der Waals surface area contributed by atoms with Crippen LogP contribution >= 0.6 is 35.3 Å². The molecule has 1 heterocycles. The first kappa shape index (κ1) is 23.7. The first-order chi connectivity index (χ1) is 12.5. The molecule has 0 aliphatic heterocycles. The van der Waals surface area contributed by atoms with E-state index in [9.17, 15) is 0 Å². The Bertz CT molecular complexity index is 746. The van der Waals surface area contributed by atoms with Gasteiger partial charge >= 0.3 is 0 Å². The Hall–Kier alpha value is -1.35. The SMILES string of the molecule is CCCOc1cc(C)ccc1CNC(=NC)NCCc1sc(C)nc1C.I. The molecule has 0 atom stereocenters. The number of thiazole rings is 1. The molecule has 0 saturated carbocycles. The van der Waals surface area contributed by atoms with Crippen LogP contribution in [0, 0.1) is 20.8 Å². The summed E-state index contributed by atoms with van der Waals surface area (Å²) in [5.41, 5.74) is 3.48. The lowest BCUT2D eigenvalue weighted by atomic mass is 10.1. The van der Waals surface area contributed by atoms with Crippen molar-refractivity contribution in [1.29, 1.82) is 0 Å². The van der Waals surface area contributed by atoms with Crippen molar-refractivity contribution in [2.45, 2.75) is 47.1 Å². The van der Waals surface area contributed by atoms with Crippen molar-refractivity contribution in [3.05, 3.63) is 44.9 Å². The Labute approximate surface area is 184 Å². The van der Waals surface area contributed by atoms with Crippen molar-refractivity contribution in [1.82, 2.24) is 15.6 Å². The minimum atomic E-state index is 0. The van der Waals surface area contributed by atoms with Gasteiger partial charge in [-0.15, -0.1) is 35.3 Å². The fraction of sp³-hybridized carbons (Fsp3) is 0.500. The third-order valence-electron chi connectivity index (χ3n) is 4.00. The van der Waals surface area contributed by atoms with Gasteiger partial charge in [0.25, 0.3) is 0 Å². The number of aromatic nitrogens is 1. The fourth-order valence-electron chi connectivity index (χ4n) is 2.65. The molecule has 2 N–H and O–H groups in total. The van der Waals surface area contributed by atoms with E-state index in [1.165, 1.54) is 10.4 Å². The zero-order valence-corrected chi connectivity index (χ0v) is 20.0. The number of hydrogen-bond acceptors (Lipinski definition) is 4. The predicted octanol–water partition coefficient (Wildman–Crippen LogP) is 4.38. The maximum Gasteiger partial charge on any atom is 0.191 e. The zero-order chi connectivity index (χ0) is 18.9. The second kappa shape index (κ2) is 12.2. The van der Waals surface area contributed by atoms with Gasteiger partial charge in [-0.3, -0.25) is 4.99 Å².